The van der Waals surface area contributed by atoms with Crippen LogP contribution in [0.15, 0.2) is 6.33 Å². The van der Waals surface area contributed by atoms with Crippen LogP contribution in [0.4, 0.5) is 10.2 Å². The fourth-order valence-electron chi connectivity index (χ4n) is 2.60. The first kappa shape index (κ1) is 14.5. The monoisotopic (exact) mass is 285 g/mol. The molecule has 1 heterocycles. The van der Waals surface area contributed by atoms with Gasteiger partial charge in [0.2, 0.25) is 0 Å². The maximum atomic E-state index is 14.2. The highest BCUT2D eigenvalue weighted by Crippen LogP contribution is 2.35. The summed E-state index contributed by atoms with van der Waals surface area (Å²) in [5.41, 5.74) is 0.222. The molecule has 0 bridgehead atoms. The van der Waals surface area contributed by atoms with Crippen molar-refractivity contribution in [2.45, 2.75) is 51.5 Å². The number of halogens is 2. The van der Waals surface area contributed by atoms with E-state index in [1.807, 2.05) is 6.92 Å². The lowest BCUT2D eigenvalue weighted by Crippen LogP contribution is -2.44. The highest BCUT2D eigenvalue weighted by atomic mass is 35.5. The zero-order chi connectivity index (χ0) is 13.9. The molecule has 3 nitrogen and oxygen atoms in total. The topological polar surface area (TPSA) is 37.8 Å². The van der Waals surface area contributed by atoms with Gasteiger partial charge in [0.25, 0.3) is 0 Å². The van der Waals surface area contributed by atoms with E-state index in [4.69, 9.17) is 11.6 Å². The molecule has 0 aliphatic heterocycles. The van der Waals surface area contributed by atoms with E-state index in [1.165, 1.54) is 6.33 Å². The summed E-state index contributed by atoms with van der Waals surface area (Å²) in [6, 6.07) is 0. The Bertz CT molecular complexity index is 431. The minimum absolute atomic E-state index is 0.228. The van der Waals surface area contributed by atoms with E-state index in [0.717, 1.165) is 31.6 Å². The molecule has 1 aromatic heterocycles. The number of aromatic nitrogens is 2. The van der Waals surface area contributed by atoms with E-state index in [1.54, 1.807) is 0 Å². The molecule has 1 aliphatic carbocycles. The Balaban J connectivity index is 2.19. The van der Waals surface area contributed by atoms with Gasteiger partial charge in [0, 0.05) is 5.88 Å². The van der Waals surface area contributed by atoms with Gasteiger partial charge in [0.15, 0.2) is 11.6 Å². The Kier molecular flexibility index (Phi) is 4.61. The molecule has 1 aliphatic rings. The zero-order valence-electron chi connectivity index (χ0n) is 11.5. The van der Waals surface area contributed by atoms with Crippen LogP contribution >= 0.6 is 11.6 Å². The van der Waals surface area contributed by atoms with Gasteiger partial charge in [-0.15, -0.1) is 11.6 Å². The van der Waals surface area contributed by atoms with Gasteiger partial charge in [0.05, 0.1) is 11.2 Å². The van der Waals surface area contributed by atoms with Crippen molar-refractivity contribution < 1.29 is 4.39 Å². The third kappa shape index (κ3) is 3.16. The predicted molar refractivity (Wildman–Crippen MR) is 76.1 cm³/mol. The Morgan fingerprint density at radius 1 is 1.42 bits per heavy atom. The second-order valence-corrected chi connectivity index (χ2v) is 5.83. The number of rotatable bonds is 4. The summed E-state index contributed by atoms with van der Waals surface area (Å²) in [6.45, 7) is 4.13. The van der Waals surface area contributed by atoms with Crippen LogP contribution in [0.3, 0.4) is 0 Å². The maximum absolute atomic E-state index is 14.2. The summed E-state index contributed by atoms with van der Waals surface area (Å²) in [4.78, 5) is 7.99. The average molecular weight is 286 g/mol. The smallest absolute Gasteiger partial charge is 0.186 e. The number of hydrogen-bond acceptors (Lipinski definition) is 3. The minimum atomic E-state index is -0.340. The first-order chi connectivity index (χ1) is 9.10. The third-order valence-corrected chi connectivity index (χ3v) is 4.58. The number of anilines is 1. The maximum Gasteiger partial charge on any atom is 0.186 e. The van der Waals surface area contributed by atoms with Crippen molar-refractivity contribution in [1.29, 1.82) is 0 Å². The SMILES string of the molecule is CCc1ncnc(NC2(CCl)CCC(C)CC2)c1F. The van der Waals surface area contributed by atoms with Crippen molar-refractivity contribution in [3.63, 3.8) is 0 Å². The van der Waals surface area contributed by atoms with Gasteiger partial charge in [-0.05, 0) is 38.0 Å². The van der Waals surface area contributed by atoms with Crippen molar-refractivity contribution >= 4 is 17.4 Å². The molecule has 0 saturated heterocycles. The molecule has 1 aromatic rings. The van der Waals surface area contributed by atoms with Gasteiger partial charge in [-0.3, -0.25) is 0 Å². The summed E-state index contributed by atoms with van der Waals surface area (Å²) in [6.07, 6.45) is 6.14. The van der Waals surface area contributed by atoms with Gasteiger partial charge in [-0.25, -0.2) is 14.4 Å². The van der Waals surface area contributed by atoms with Gasteiger partial charge in [-0.2, -0.15) is 0 Å². The van der Waals surface area contributed by atoms with Crippen LogP contribution in [-0.4, -0.2) is 21.4 Å². The van der Waals surface area contributed by atoms with E-state index in [0.29, 0.717) is 23.8 Å². The summed E-state index contributed by atoms with van der Waals surface area (Å²) in [7, 11) is 0. The third-order valence-electron chi connectivity index (χ3n) is 4.07. The highest BCUT2D eigenvalue weighted by Gasteiger charge is 2.34. The van der Waals surface area contributed by atoms with Gasteiger partial charge >= 0.3 is 0 Å². The Hall–Kier alpha value is -0.900. The van der Waals surface area contributed by atoms with Crippen LogP contribution in [0.2, 0.25) is 0 Å². The fraction of sp³-hybridized carbons (Fsp3) is 0.714. The van der Waals surface area contributed by atoms with E-state index in [2.05, 4.69) is 22.2 Å². The molecule has 0 spiro atoms. The zero-order valence-corrected chi connectivity index (χ0v) is 12.3. The Labute approximate surface area is 119 Å². The lowest BCUT2D eigenvalue weighted by atomic mass is 9.78. The molecule has 1 fully saturated rings. The fourth-order valence-corrected chi connectivity index (χ4v) is 2.93. The Morgan fingerprint density at radius 2 is 2.11 bits per heavy atom. The molecule has 5 heteroatoms. The molecule has 1 saturated carbocycles. The van der Waals surface area contributed by atoms with Gasteiger partial charge in [0.1, 0.15) is 6.33 Å². The standard InChI is InChI=1S/C14H21ClFN3/c1-3-11-12(16)13(18-9-17-11)19-14(8-15)6-4-10(2)5-7-14/h9-10H,3-8H2,1-2H3,(H,17,18,19). The first-order valence-corrected chi connectivity index (χ1v) is 7.47. The van der Waals surface area contributed by atoms with Crippen LogP contribution in [0, 0.1) is 11.7 Å². The quantitative estimate of drug-likeness (QED) is 0.856. The molecule has 0 aromatic carbocycles. The number of hydrogen-bond donors (Lipinski definition) is 1. The Morgan fingerprint density at radius 3 is 2.68 bits per heavy atom. The van der Waals surface area contributed by atoms with Crippen LogP contribution in [0.25, 0.3) is 0 Å². The van der Waals surface area contributed by atoms with Crippen LogP contribution in [-0.2, 0) is 6.42 Å². The van der Waals surface area contributed by atoms with E-state index in [9.17, 15) is 4.39 Å². The van der Waals surface area contributed by atoms with Gasteiger partial charge < -0.3 is 5.32 Å². The van der Waals surface area contributed by atoms with Gasteiger partial charge in [-0.1, -0.05) is 13.8 Å². The molecule has 0 atom stereocenters. The highest BCUT2D eigenvalue weighted by molar-refractivity contribution is 6.18. The first-order valence-electron chi connectivity index (χ1n) is 6.94. The summed E-state index contributed by atoms with van der Waals surface area (Å²) in [5, 5.41) is 3.25. The molecular weight excluding hydrogens is 265 g/mol. The molecule has 0 amide bonds. The molecular formula is C14H21ClFN3. The number of nitrogens with one attached hydrogen (secondary N) is 1. The molecule has 0 radical (unpaired) electrons. The second kappa shape index (κ2) is 6.04. The lowest BCUT2D eigenvalue weighted by molar-refractivity contribution is 0.285. The van der Waals surface area contributed by atoms with Crippen molar-refractivity contribution in [1.82, 2.24) is 9.97 Å². The largest absolute Gasteiger partial charge is 0.361 e. The molecule has 1 N–H and O–H groups in total. The van der Waals surface area contributed by atoms with E-state index < -0.39 is 0 Å². The van der Waals surface area contributed by atoms with Crippen LogP contribution in [0.5, 0.6) is 0 Å². The number of nitrogens with zero attached hydrogens (tertiary/aromatic N) is 2. The van der Waals surface area contributed by atoms with E-state index in [-0.39, 0.29) is 11.4 Å². The average Bonchev–Trinajstić information content (AvgIpc) is 2.44. The molecule has 106 valence electrons. The van der Waals surface area contributed by atoms with Crippen LogP contribution < -0.4 is 5.32 Å². The molecule has 19 heavy (non-hydrogen) atoms. The predicted octanol–water partition coefficient (Wildman–Crippen LogP) is 3.78. The lowest BCUT2D eigenvalue weighted by Gasteiger charge is -2.39. The molecule has 0 unspecified atom stereocenters. The summed E-state index contributed by atoms with van der Waals surface area (Å²) >= 11 is 6.13. The second-order valence-electron chi connectivity index (χ2n) is 5.56. The van der Waals surface area contributed by atoms with Crippen LogP contribution in [0.1, 0.15) is 45.2 Å². The van der Waals surface area contributed by atoms with Crippen molar-refractivity contribution in [3.8, 4) is 0 Å². The summed E-state index contributed by atoms with van der Waals surface area (Å²) < 4.78 is 14.2. The minimum Gasteiger partial charge on any atom is -0.361 e. The molecule has 2 rings (SSSR count). The summed E-state index contributed by atoms with van der Waals surface area (Å²) in [5.74, 6) is 1.15. The van der Waals surface area contributed by atoms with Crippen molar-refractivity contribution in [2.24, 2.45) is 5.92 Å². The normalized spacial score (nSPS) is 27.3. The number of alkyl halides is 1. The van der Waals surface area contributed by atoms with Crippen molar-refractivity contribution in [3.05, 3.63) is 17.8 Å². The number of aryl methyl sites for hydroxylation is 1. The van der Waals surface area contributed by atoms with Crippen molar-refractivity contribution in [2.75, 3.05) is 11.2 Å². The van der Waals surface area contributed by atoms with E-state index >= 15 is 0 Å².